The molecule has 20 heavy (non-hydrogen) atoms. The highest BCUT2D eigenvalue weighted by Crippen LogP contribution is 2.23. The Balaban J connectivity index is 2.64. The lowest BCUT2D eigenvalue weighted by Gasteiger charge is -2.34. The third kappa shape index (κ3) is 6.21. The molecule has 1 aromatic heterocycles. The molecule has 1 rings (SSSR count). The van der Waals surface area contributed by atoms with Crippen LogP contribution in [0.15, 0.2) is 24.8 Å². The lowest BCUT2D eigenvalue weighted by molar-refractivity contribution is 0.147. The van der Waals surface area contributed by atoms with E-state index in [1.807, 2.05) is 17.4 Å². The summed E-state index contributed by atoms with van der Waals surface area (Å²) in [6, 6.07) is 4.50. The molecule has 0 aromatic carbocycles. The summed E-state index contributed by atoms with van der Waals surface area (Å²) in [5.74, 6) is 0. The number of hydrogen-bond acceptors (Lipinski definition) is 3. The van der Waals surface area contributed by atoms with Crippen LogP contribution in [-0.2, 0) is 13.1 Å². The zero-order valence-electron chi connectivity index (χ0n) is 13.9. The van der Waals surface area contributed by atoms with Crippen molar-refractivity contribution in [2.45, 2.75) is 65.7 Å². The Morgan fingerprint density at radius 1 is 1.15 bits per heavy atom. The largest absolute Gasteiger partial charge is 0.307 e. The predicted octanol–water partition coefficient (Wildman–Crippen LogP) is 4.42. The average molecular weight is 295 g/mol. The lowest BCUT2D eigenvalue weighted by Crippen LogP contribution is -2.40. The van der Waals surface area contributed by atoms with E-state index < -0.39 is 0 Å². The summed E-state index contributed by atoms with van der Waals surface area (Å²) in [6.07, 6.45) is 1.99. The van der Waals surface area contributed by atoms with Crippen molar-refractivity contribution in [2.75, 3.05) is 6.54 Å². The molecule has 0 bridgehead atoms. The summed E-state index contributed by atoms with van der Waals surface area (Å²) in [7, 11) is 0. The van der Waals surface area contributed by atoms with Gasteiger partial charge in [0.05, 0.1) is 0 Å². The van der Waals surface area contributed by atoms with Gasteiger partial charge in [-0.05, 0) is 53.7 Å². The van der Waals surface area contributed by atoms with E-state index >= 15 is 0 Å². The van der Waals surface area contributed by atoms with Crippen molar-refractivity contribution in [2.24, 2.45) is 0 Å². The zero-order valence-corrected chi connectivity index (χ0v) is 14.7. The molecule has 0 spiro atoms. The van der Waals surface area contributed by atoms with Crippen molar-refractivity contribution in [1.29, 1.82) is 0 Å². The van der Waals surface area contributed by atoms with E-state index in [9.17, 15) is 0 Å². The van der Waals surface area contributed by atoms with Crippen LogP contribution in [0.2, 0.25) is 0 Å². The molecule has 0 atom stereocenters. The fraction of sp³-hybridized carbons (Fsp3) is 0.647. The minimum atomic E-state index is 0.169. The topological polar surface area (TPSA) is 15.3 Å². The van der Waals surface area contributed by atoms with Crippen molar-refractivity contribution in [1.82, 2.24) is 10.2 Å². The van der Waals surface area contributed by atoms with Crippen LogP contribution >= 0.6 is 11.3 Å². The van der Waals surface area contributed by atoms with Crippen molar-refractivity contribution in [3.63, 3.8) is 0 Å². The Kier molecular flexibility index (Phi) is 5.99. The van der Waals surface area contributed by atoms with Gasteiger partial charge in [0.25, 0.3) is 0 Å². The Labute approximate surface area is 128 Å². The first-order valence-electron chi connectivity index (χ1n) is 7.30. The standard InChI is InChI=1S/C17H30N2S/c1-8-11-19(17(5,6)7)13-15-10-9-14(20-15)12-18-16(2,3)4/h8-10,18H,1,11-13H2,2-7H3. The van der Waals surface area contributed by atoms with E-state index in [0.717, 1.165) is 19.6 Å². The first-order chi connectivity index (χ1) is 9.12. The first kappa shape index (κ1) is 17.4. The van der Waals surface area contributed by atoms with E-state index in [4.69, 9.17) is 0 Å². The second kappa shape index (κ2) is 6.88. The minimum Gasteiger partial charge on any atom is -0.307 e. The Morgan fingerprint density at radius 2 is 1.75 bits per heavy atom. The monoisotopic (exact) mass is 294 g/mol. The van der Waals surface area contributed by atoms with Crippen molar-refractivity contribution < 1.29 is 0 Å². The normalized spacial score (nSPS) is 12.9. The van der Waals surface area contributed by atoms with Gasteiger partial charge >= 0.3 is 0 Å². The number of nitrogens with zero attached hydrogens (tertiary/aromatic N) is 1. The molecule has 1 heterocycles. The van der Waals surface area contributed by atoms with E-state index in [1.54, 1.807) is 0 Å². The van der Waals surface area contributed by atoms with Gasteiger partial charge in [0, 0.05) is 40.5 Å². The Morgan fingerprint density at radius 3 is 2.25 bits per heavy atom. The van der Waals surface area contributed by atoms with Crippen LogP contribution in [0.3, 0.4) is 0 Å². The molecule has 114 valence electrons. The summed E-state index contributed by atoms with van der Waals surface area (Å²) in [5.41, 5.74) is 0.340. The average Bonchev–Trinajstić information content (AvgIpc) is 2.71. The summed E-state index contributed by atoms with van der Waals surface area (Å²) in [5, 5.41) is 3.54. The number of thiophene rings is 1. The Bertz CT molecular complexity index is 421. The molecule has 0 unspecified atom stereocenters. The van der Waals surface area contributed by atoms with Crippen LogP contribution in [0.5, 0.6) is 0 Å². The van der Waals surface area contributed by atoms with Crippen LogP contribution in [0.4, 0.5) is 0 Å². The van der Waals surface area contributed by atoms with Crippen LogP contribution in [0, 0.1) is 0 Å². The second-order valence-corrected chi connectivity index (χ2v) is 8.56. The summed E-state index contributed by atoms with van der Waals surface area (Å²) < 4.78 is 0. The first-order valence-corrected chi connectivity index (χ1v) is 8.12. The molecular weight excluding hydrogens is 264 g/mol. The van der Waals surface area contributed by atoms with Crippen LogP contribution in [-0.4, -0.2) is 22.5 Å². The van der Waals surface area contributed by atoms with Crippen LogP contribution in [0.25, 0.3) is 0 Å². The molecule has 0 saturated heterocycles. The smallest absolute Gasteiger partial charge is 0.0336 e. The fourth-order valence-corrected chi connectivity index (χ4v) is 2.85. The summed E-state index contributed by atoms with van der Waals surface area (Å²) in [4.78, 5) is 5.28. The minimum absolute atomic E-state index is 0.169. The molecule has 0 fully saturated rings. The lowest BCUT2D eigenvalue weighted by atomic mass is 10.1. The molecule has 1 N–H and O–H groups in total. The number of rotatable bonds is 6. The molecule has 1 aromatic rings. The fourth-order valence-electron chi connectivity index (χ4n) is 1.87. The van der Waals surface area contributed by atoms with E-state index in [1.165, 1.54) is 9.75 Å². The highest BCUT2D eigenvalue weighted by atomic mass is 32.1. The van der Waals surface area contributed by atoms with Gasteiger partial charge in [0.2, 0.25) is 0 Å². The van der Waals surface area contributed by atoms with Crippen molar-refractivity contribution >= 4 is 11.3 Å². The number of nitrogens with one attached hydrogen (secondary N) is 1. The van der Waals surface area contributed by atoms with Gasteiger partial charge in [-0.25, -0.2) is 0 Å². The maximum absolute atomic E-state index is 3.87. The predicted molar refractivity (Wildman–Crippen MR) is 91.3 cm³/mol. The molecule has 3 heteroatoms. The van der Waals surface area contributed by atoms with Gasteiger partial charge in [-0.1, -0.05) is 6.08 Å². The highest BCUT2D eigenvalue weighted by Gasteiger charge is 2.20. The third-order valence-corrected chi connectivity index (χ3v) is 4.23. The molecule has 0 aliphatic heterocycles. The third-order valence-electron chi connectivity index (χ3n) is 3.16. The van der Waals surface area contributed by atoms with Gasteiger partial charge in [-0.15, -0.1) is 17.9 Å². The molecule has 0 aliphatic rings. The quantitative estimate of drug-likeness (QED) is 0.781. The Hall–Kier alpha value is -0.640. The molecule has 0 radical (unpaired) electrons. The van der Waals surface area contributed by atoms with Crippen LogP contribution in [0.1, 0.15) is 51.3 Å². The van der Waals surface area contributed by atoms with Crippen molar-refractivity contribution in [3.05, 3.63) is 34.5 Å². The van der Waals surface area contributed by atoms with Gasteiger partial charge in [0.1, 0.15) is 0 Å². The van der Waals surface area contributed by atoms with Gasteiger partial charge in [-0.3, -0.25) is 4.90 Å². The maximum atomic E-state index is 3.87. The highest BCUT2D eigenvalue weighted by molar-refractivity contribution is 7.11. The van der Waals surface area contributed by atoms with E-state index in [2.05, 4.69) is 70.5 Å². The van der Waals surface area contributed by atoms with E-state index in [-0.39, 0.29) is 11.1 Å². The molecule has 2 nitrogen and oxygen atoms in total. The number of hydrogen-bond donors (Lipinski definition) is 1. The second-order valence-electron chi connectivity index (χ2n) is 7.31. The summed E-state index contributed by atoms with van der Waals surface area (Å²) >= 11 is 1.91. The molecule has 0 amide bonds. The van der Waals surface area contributed by atoms with Crippen LogP contribution < -0.4 is 5.32 Å². The van der Waals surface area contributed by atoms with E-state index in [0.29, 0.717) is 0 Å². The SMILES string of the molecule is C=CCN(Cc1ccc(CNC(C)(C)C)s1)C(C)(C)C. The van der Waals surface area contributed by atoms with Gasteiger partial charge in [-0.2, -0.15) is 0 Å². The van der Waals surface area contributed by atoms with Gasteiger partial charge < -0.3 is 5.32 Å². The summed E-state index contributed by atoms with van der Waals surface area (Å²) in [6.45, 7) is 20.1. The van der Waals surface area contributed by atoms with Crippen molar-refractivity contribution in [3.8, 4) is 0 Å². The van der Waals surface area contributed by atoms with Gasteiger partial charge in [0.15, 0.2) is 0 Å². The molecular formula is C17H30N2S. The molecule has 0 aliphatic carbocycles. The zero-order chi connectivity index (χ0) is 15.4. The maximum Gasteiger partial charge on any atom is 0.0336 e. The molecule has 0 saturated carbocycles.